The Hall–Kier alpha value is -6.58. The molecule has 0 spiro atoms. The molecular formula is C46H26N2O. The Morgan fingerprint density at radius 2 is 1.00 bits per heavy atom. The van der Waals surface area contributed by atoms with Gasteiger partial charge in [-0.1, -0.05) is 115 Å². The number of rotatable bonds is 2. The molecule has 0 amide bonds. The Morgan fingerprint density at radius 1 is 0.347 bits per heavy atom. The first kappa shape index (κ1) is 25.5. The summed E-state index contributed by atoms with van der Waals surface area (Å²) in [6.45, 7) is 0. The van der Waals surface area contributed by atoms with Gasteiger partial charge in [0, 0.05) is 38.0 Å². The molecule has 0 bridgehead atoms. The van der Waals surface area contributed by atoms with Crippen LogP contribution in [0.2, 0.25) is 0 Å². The zero-order chi connectivity index (χ0) is 31.8. The topological polar surface area (TPSA) is 23.0 Å². The molecule has 226 valence electrons. The number of nitrogens with zero attached hydrogens (tertiary/aromatic N) is 2. The fraction of sp³-hybridized carbons (Fsp3) is 0. The lowest BCUT2D eigenvalue weighted by molar-refractivity contribution is 0.673. The van der Waals surface area contributed by atoms with Crippen LogP contribution < -0.4 is 0 Å². The van der Waals surface area contributed by atoms with Crippen molar-refractivity contribution in [3.63, 3.8) is 0 Å². The molecule has 0 atom stereocenters. The molecule has 3 aromatic heterocycles. The molecule has 0 N–H and O–H groups in total. The number of para-hydroxylation sites is 3. The van der Waals surface area contributed by atoms with E-state index in [1.165, 1.54) is 71.4 Å². The van der Waals surface area contributed by atoms with Gasteiger partial charge in [-0.05, 0) is 70.1 Å². The van der Waals surface area contributed by atoms with Gasteiger partial charge in [-0.2, -0.15) is 0 Å². The highest BCUT2D eigenvalue weighted by molar-refractivity contribution is 6.30. The molecule has 0 unspecified atom stereocenters. The Morgan fingerprint density at radius 3 is 1.88 bits per heavy atom. The van der Waals surface area contributed by atoms with Crippen molar-refractivity contribution in [2.75, 3.05) is 0 Å². The highest BCUT2D eigenvalue weighted by Gasteiger charge is 2.27. The fourth-order valence-electron chi connectivity index (χ4n) is 8.90. The van der Waals surface area contributed by atoms with Gasteiger partial charge in [0.25, 0.3) is 0 Å². The quantitative estimate of drug-likeness (QED) is 0.188. The van der Waals surface area contributed by atoms with Gasteiger partial charge in [-0.25, -0.2) is 0 Å². The maximum atomic E-state index is 6.77. The lowest BCUT2D eigenvalue weighted by atomic mass is 10.0. The standard InChI is InChI=1S/C46H26N2O/c1-2-11-27(12-3-1)47-38-19-8-6-15-30(38)34-21-22-37-43-40(26-24-35-31-16-7-9-20-41(31)49-46(35)43)48(45(37)44(34)47)39-25-23-33-29-14-5-4-13-28(29)32-17-10-18-36(39)42(32)33/h1-26H. The van der Waals surface area contributed by atoms with Crippen molar-refractivity contribution in [3.8, 4) is 33.6 Å². The maximum Gasteiger partial charge on any atom is 0.145 e. The van der Waals surface area contributed by atoms with Crippen LogP contribution in [0, 0.1) is 0 Å². The number of aromatic nitrogens is 2. The second kappa shape index (κ2) is 9.06. The molecule has 0 saturated heterocycles. The van der Waals surface area contributed by atoms with E-state index in [0.29, 0.717) is 0 Å². The molecule has 0 aliphatic heterocycles. The van der Waals surface area contributed by atoms with Crippen molar-refractivity contribution in [2.24, 2.45) is 0 Å². The summed E-state index contributed by atoms with van der Waals surface area (Å²) in [5.74, 6) is 0. The first-order valence-corrected chi connectivity index (χ1v) is 16.9. The van der Waals surface area contributed by atoms with E-state index >= 15 is 0 Å². The molecule has 3 heterocycles. The van der Waals surface area contributed by atoms with Crippen molar-refractivity contribution >= 4 is 76.3 Å². The predicted octanol–water partition coefficient (Wildman–Crippen LogP) is 12.6. The number of fused-ring (bicyclic) bond motifs is 14. The van der Waals surface area contributed by atoms with Gasteiger partial charge in [-0.3, -0.25) is 0 Å². The van der Waals surface area contributed by atoms with Gasteiger partial charge < -0.3 is 13.6 Å². The number of furan rings is 1. The van der Waals surface area contributed by atoms with E-state index in [9.17, 15) is 0 Å². The second-order valence-electron chi connectivity index (χ2n) is 13.2. The van der Waals surface area contributed by atoms with E-state index in [2.05, 4.69) is 167 Å². The molecule has 49 heavy (non-hydrogen) atoms. The molecule has 12 rings (SSSR count). The Labute approximate surface area is 280 Å². The van der Waals surface area contributed by atoms with Gasteiger partial charge in [0.2, 0.25) is 0 Å². The summed E-state index contributed by atoms with van der Waals surface area (Å²) in [5.41, 5.74) is 14.1. The van der Waals surface area contributed by atoms with Gasteiger partial charge in [0.15, 0.2) is 0 Å². The van der Waals surface area contributed by atoms with E-state index in [1.807, 2.05) is 0 Å². The second-order valence-corrected chi connectivity index (χ2v) is 13.2. The van der Waals surface area contributed by atoms with E-state index in [1.54, 1.807) is 0 Å². The SMILES string of the molecule is c1ccc(-n2c3ccccc3c3ccc4c5c6oc7ccccc7c6ccc5n(-c5ccc6c7c(cccc57)-c5ccccc5-6)c4c32)cc1. The number of benzene rings is 8. The summed E-state index contributed by atoms with van der Waals surface area (Å²) < 4.78 is 11.7. The van der Waals surface area contributed by atoms with Crippen LogP contribution in [-0.4, -0.2) is 9.13 Å². The normalized spacial score (nSPS) is 12.5. The first-order valence-electron chi connectivity index (χ1n) is 16.9. The maximum absolute atomic E-state index is 6.77. The van der Waals surface area contributed by atoms with Crippen molar-refractivity contribution in [3.05, 3.63) is 158 Å². The smallest absolute Gasteiger partial charge is 0.145 e. The minimum absolute atomic E-state index is 0.911. The zero-order valence-electron chi connectivity index (χ0n) is 26.3. The average Bonchev–Trinajstić information content (AvgIpc) is 3.90. The predicted molar refractivity (Wildman–Crippen MR) is 204 cm³/mol. The molecule has 0 saturated carbocycles. The number of hydrogen-bond donors (Lipinski definition) is 0. The largest absolute Gasteiger partial charge is 0.455 e. The van der Waals surface area contributed by atoms with Gasteiger partial charge in [0.05, 0.1) is 33.1 Å². The highest BCUT2D eigenvalue weighted by atomic mass is 16.3. The lowest BCUT2D eigenvalue weighted by Crippen LogP contribution is -1.99. The van der Waals surface area contributed by atoms with Crippen LogP contribution >= 0.6 is 0 Å². The van der Waals surface area contributed by atoms with Crippen LogP contribution in [0.5, 0.6) is 0 Å². The van der Waals surface area contributed by atoms with Crippen molar-refractivity contribution in [1.82, 2.24) is 9.13 Å². The summed E-state index contributed by atoms with van der Waals surface area (Å²) in [6, 6.07) is 57.4. The fourth-order valence-corrected chi connectivity index (χ4v) is 8.90. The number of hydrogen-bond acceptors (Lipinski definition) is 1. The van der Waals surface area contributed by atoms with Crippen LogP contribution in [-0.2, 0) is 0 Å². The molecule has 3 nitrogen and oxygen atoms in total. The van der Waals surface area contributed by atoms with Crippen LogP contribution in [0.15, 0.2) is 162 Å². The van der Waals surface area contributed by atoms with Crippen LogP contribution in [0.25, 0.3) is 110 Å². The third-order valence-corrected chi connectivity index (χ3v) is 10.8. The Kier molecular flexibility index (Phi) is 4.72. The van der Waals surface area contributed by atoms with Gasteiger partial charge >= 0.3 is 0 Å². The Bertz CT molecular complexity index is 3180. The van der Waals surface area contributed by atoms with Crippen molar-refractivity contribution < 1.29 is 4.42 Å². The van der Waals surface area contributed by atoms with Crippen molar-refractivity contribution in [1.29, 1.82) is 0 Å². The minimum atomic E-state index is 0.911. The van der Waals surface area contributed by atoms with Crippen LogP contribution in [0.4, 0.5) is 0 Å². The highest BCUT2D eigenvalue weighted by Crippen LogP contribution is 2.50. The first-order chi connectivity index (χ1) is 24.3. The van der Waals surface area contributed by atoms with Crippen LogP contribution in [0.3, 0.4) is 0 Å². The van der Waals surface area contributed by atoms with E-state index in [0.717, 1.165) is 38.5 Å². The summed E-state index contributed by atoms with van der Waals surface area (Å²) >= 11 is 0. The molecule has 3 heteroatoms. The molecule has 0 fully saturated rings. The summed E-state index contributed by atoms with van der Waals surface area (Å²) in [4.78, 5) is 0. The van der Waals surface area contributed by atoms with Crippen LogP contribution in [0.1, 0.15) is 0 Å². The third-order valence-electron chi connectivity index (χ3n) is 10.8. The molecule has 1 aliphatic carbocycles. The summed E-state index contributed by atoms with van der Waals surface area (Å²) in [6.07, 6.45) is 0. The minimum Gasteiger partial charge on any atom is -0.455 e. The van der Waals surface area contributed by atoms with E-state index in [4.69, 9.17) is 4.42 Å². The summed E-state index contributed by atoms with van der Waals surface area (Å²) in [5, 5.41) is 9.64. The monoisotopic (exact) mass is 622 g/mol. The van der Waals surface area contributed by atoms with E-state index in [-0.39, 0.29) is 0 Å². The molecule has 0 radical (unpaired) electrons. The molecule has 11 aromatic rings. The van der Waals surface area contributed by atoms with E-state index < -0.39 is 0 Å². The molecule has 1 aliphatic rings. The average molecular weight is 623 g/mol. The Balaban J connectivity index is 1.34. The molecular weight excluding hydrogens is 597 g/mol. The van der Waals surface area contributed by atoms with Gasteiger partial charge in [0.1, 0.15) is 11.2 Å². The third kappa shape index (κ3) is 3.13. The lowest BCUT2D eigenvalue weighted by Gasteiger charge is -2.15. The summed E-state index contributed by atoms with van der Waals surface area (Å²) in [7, 11) is 0. The zero-order valence-corrected chi connectivity index (χ0v) is 26.3. The molecule has 8 aromatic carbocycles. The van der Waals surface area contributed by atoms with Crippen molar-refractivity contribution in [2.45, 2.75) is 0 Å². The van der Waals surface area contributed by atoms with Gasteiger partial charge in [-0.15, -0.1) is 0 Å².